The quantitative estimate of drug-likeness (QED) is 0.805. The molecule has 1 fully saturated rings. The average Bonchev–Trinajstić information content (AvgIpc) is 2.48. The number of thioether (sulfide) groups is 1. The van der Waals surface area contributed by atoms with E-state index in [0.29, 0.717) is 11.7 Å². The summed E-state index contributed by atoms with van der Waals surface area (Å²) in [5.74, 6) is 1.01. The van der Waals surface area contributed by atoms with Gasteiger partial charge in [0.05, 0.1) is 0 Å². The molecule has 1 aliphatic heterocycles. The molecule has 0 radical (unpaired) electrons. The van der Waals surface area contributed by atoms with Gasteiger partial charge in [0.25, 0.3) is 0 Å². The summed E-state index contributed by atoms with van der Waals surface area (Å²) in [7, 11) is 0. The van der Waals surface area contributed by atoms with Gasteiger partial charge < -0.3 is 10.6 Å². The highest BCUT2D eigenvalue weighted by molar-refractivity contribution is 7.99. The lowest BCUT2D eigenvalue weighted by Crippen LogP contribution is -2.49. The minimum Gasteiger partial charge on any atom is -0.353 e. The second-order valence-electron chi connectivity index (χ2n) is 5.75. The van der Waals surface area contributed by atoms with Crippen molar-refractivity contribution in [2.75, 3.05) is 18.8 Å². The molecule has 3 nitrogen and oxygen atoms in total. The molecular weight excluding hydrogens is 323 g/mol. The highest BCUT2D eigenvalue weighted by Crippen LogP contribution is 2.21. The summed E-state index contributed by atoms with van der Waals surface area (Å²) in [5.41, 5.74) is 0. The smallest absolute Gasteiger partial charge is 0.223 e. The van der Waals surface area contributed by atoms with E-state index in [0.717, 1.165) is 24.4 Å². The summed E-state index contributed by atoms with van der Waals surface area (Å²) < 4.78 is 12.8. The maximum Gasteiger partial charge on any atom is 0.223 e. The van der Waals surface area contributed by atoms with Gasteiger partial charge in [-0.2, -0.15) is 0 Å². The number of nitrogens with one attached hydrogen (secondary N) is 2. The first-order chi connectivity index (χ1) is 10.1. The van der Waals surface area contributed by atoms with Crippen molar-refractivity contribution in [3.05, 3.63) is 30.1 Å². The standard InChI is InChI=1S/C16H23FN2OS.ClH/c1-11-9-18-8-7-15(11)19-16(20)12(2)10-21-14-5-3-13(17)4-6-14;/h3-6,11-12,15,18H,7-10H2,1-2H3,(H,19,20);1H. The lowest BCUT2D eigenvalue weighted by Gasteiger charge is -2.31. The van der Waals surface area contributed by atoms with E-state index >= 15 is 0 Å². The number of carbonyl (C=O) groups excluding carboxylic acids is 1. The van der Waals surface area contributed by atoms with Crippen LogP contribution in [0.4, 0.5) is 4.39 Å². The largest absolute Gasteiger partial charge is 0.353 e. The Hall–Kier alpha value is -0.780. The lowest BCUT2D eigenvalue weighted by atomic mass is 9.95. The van der Waals surface area contributed by atoms with Crippen LogP contribution < -0.4 is 10.6 Å². The number of carbonyl (C=O) groups is 1. The third-order valence-electron chi connectivity index (χ3n) is 3.87. The Morgan fingerprint density at radius 3 is 2.77 bits per heavy atom. The molecule has 2 N–H and O–H groups in total. The number of benzene rings is 1. The van der Waals surface area contributed by atoms with Gasteiger partial charge in [-0.05, 0) is 49.7 Å². The number of hydrogen-bond acceptors (Lipinski definition) is 3. The van der Waals surface area contributed by atoms with E-state index < -0.39 is 0 Å². The fourth-order valence-corrected chi connectivity index (χ4v) is 3.30. The van der Waals surface area contributed by atoms with Crippen molar-refractivity contribution in [3.8, 4) is 0 Å². The van der Waals surface area contributed by atoms with Crippen molar-refractivity contribution in [3.63, 3.8) is 0 Å². The zero-order chi connectivity index (χ0) is 15.2. The van der Waals surface area contributed by atoms with E-state index in [2.05, 4.69) is 17.6 Å². The molecule has 1 aromatic rings. The van der Waals surface area contributed by atoms with Crippen molar-refractivity contribution in [1.82, 2.24) is 10.6 Å². The Kier molecular flexibility index (Phi) is 8.21. The fraction of sp³-hybridized carbons (Fsp3) is 0.562. The summed E-state index contributed by atoms with van der Waals surface area (Å²) in [6, 6.07) is 6.67. The Bertz CT molecular complexity index is 472. The Labute approximate surface area is 142 Å². The van der Waals surface area contributed by atoms with Gasteiger partial charge in [0.15, 0.2) is 0 Å². The normalized spacial score (nSPS) is 22.5. The van der Waals surface area contributed by atoms with Gasteiger partial charge in [0.1, 0.15) is 5.82 Å². The van der Waals surface area contributed by atoms with Gasteiger partial charge in [-0.15, -0.1) is 24.2 Å². The zero-order valence-corrected chi connectivity index (χ0v) is 14.6. The first kappa shape index (κ1) is 19.3. The van der Waals surface area contributed by atoms with Crippen LogP contribution in [0.5, 0.6) is 0 Å². The molecule has 0 aromatic heterocycles. The van der Waals surface area contributed by atoms with Crippen LogP contribution in [0.25, 0.3) is 0 Å². The Balaban J connectivity index is 0.00000242. The van der Waals surface area contributed by atoms with Crippen molar-refractivity contribution in [1.29, 1.82) is 0 Å². The van der Waals surface area contributed by atoms with Crippen molar-refractivity contribution < 1.29 is 9.18 Å². The van der Waals surface area contributed by atoms with Crippen LogP contribution in [0, 0.1) is 17.7 Å². The van der Waals surface area contributed by atoms with Gasteiger partial charge in [0, 0.05) is 22.6 Å². The minimum absolute atomic E-state index is 0. The molecule has 1 aromatic carbocycles. The van der Waals surface area contributed by atoms with Crippen LogP contribution >= 0.6 is 24.2 Å². The van der Waals surface area contributed by atoms with Crippen LogP contribution in [0.2, 0.25) is 0 Å². The second kappa shape index (κ2) is 9.38. The number of halogens is 2. The van der Waals surface area contributed by atoms with Gasteiger partial charge in [-0.3, -0.25) is 4.79 Å². The monoisotopic (exact) mass is 346 g/mol. The third kappa shape index (κ3) is 5.78. The van der Waals surface area contributed by atoms with E-state index in [9.17, 15) is 9.18 Å². The van der Waals surface area contributed by atoms with Crippen LogP contribution in [0.3, 0.4) is 0 Å². The van der Waals surface area contributed by atoms with Crippen molar-refractivity contribution >= 4 is 30.1 Å². The summed E-state index contributed by atoms with van der Waals surface area (Å²) in [4.78, 5) is 13.2. The van der Waals surface area contributed by atoms with Crippen LogP contribution in [0.1, 0.15) is 20.3 Å². The van der Waals surface area contributed by atoms with Gasteiger partial charge in [-0.1, -0.05) is 13.8 Å². The van der Waals surface area contributed by atoms with E-state index in [-0.39, 0.29) is 36.1 Å². The first-order valence-electron chi connectivity index (χ1n) is 7.45. The fourth-order valence-electron chi connectivity index (χ4n) is 2.38. The molecule has 6 heteroatoms. The Morgan fingerprint density at radius 1 is 1.45 bits per heavy atom. The summed E-state index contributed by atoms with van der Waals surface area (Å²) in [6.45, 7) is 6.03. The maximum absolute atomic E-state index is 12.8. The van der Waals surface area contributed by atoms with Crippen molar-refractivity contribution in [2.24, 2.45) is 11.8 Å². The molecule has 0 aliphatic carbocycles. The SMILES string of the molecule is CC(CSc1ccc(F)cc1)C(=O)NC1CCNCC1C.Cl. The third-order valence-corrected chi connectivity index (χ3v) is 5.15. The molecule has 0 saturated carbocycles. The highest BCUT2D eigenvalue weighted by Gasteiger charge is 2.24. The molecule has 1 aliphatic rings. The molecular formula is C16H24ClFN2OS. The van der Waals surface area contributed by atoms with Gasteiger partial charge in [0.2, 0.25) is 5.91 Å². The van der Waals surface area contributed by atoms with Crippen LogP contribution in [-0.4, -0.2) is 30.8 Å². The van der Waals surface area contributed by atoms with E-state index in [1.54, 1.807) is 23.9 Å². The Morgan fingerprint density at radius 2 is 2.14 bits per heavy atom. The number of rotatable bonds is 5. The molecule has 124 valence electrons. The molecule has 0 bridgehead atoms. The summed E-state index contributed by atoms with van der Waals surface area (Å²) >= 11 is 1.59. The molecule has 22 heavy (non-hydrogen) atoms. The van der Waals surface area contributed by atoms with Crippen LogP contribution in [0.15, 0.2) is 29.2 Å². The second-order valence-corrected chi connectivity index (χ2v) is 6.84. The average molecular weight is 347 g/mol. The first-order valence-corrected chi connectivity index (χ1v) is 8.44. The van der Waals surface area contributed by atoms with Crippen molar-refractivity contribution in [2.45, 2.75) is 31.2 Å². The minimum atomic E-state index is -0.231. The van der Waals surface area contributed by atoms with Crippen LogP contribution in [-0.2, 0) is 4.79 Å². The van der Waals surface area contributed by atoms with Gasteiger partial charge >= 0.3 is 0 Å². The van der Waals surface area contributed by atoms with E-state index in [1.807, 2.05) is 6.92 Å². The topological polar surface area (TPSA) is 41.1 Å². The highest BCUT2D eigenvalue weighted by atomic mass is 35.5. The predicted molar refractivity (Wildman–Crippen MR) is 92.1 cm³/mol. The van der Waals surface area contributed by atoms with Gasteiger partial charge in [-0.25, -0.2) is 4.39 Å². The molecule has 1 saturated heterocycles. The molecule has 2 rings (SSSR count). The number of hydrogen-bond donors (Lipinski definition) is 2. The molecule has 1 heterocycles. The molecule has 3 unspecified atom stereocenters. The molecule has 0 spiro atoms. The molecule has 1 amide bonds. The number of amides is 1. The van der Waals surface area contributed by atoms with E-state index in [4.69, 9.17) is 0 Å². The maximum atomic E-state index is 12.8. The lowest BCUT2D eigenvalue weighted by molar-refractivity contribution is -0.125. The zero-order valence-electron chi connectivity index (χ0n) is 13.0. The predicted octanol–water partition coefficient (Wildman–Crippen LogP) is 3.09. The summed E-state index contributed by atoms with van der Waals surface area (Å²) in [6.07, 6.45) is 0.991. The van der Waals surface area contributed by atoms with E-state index in [1.165, 1.54) is 12.1 Å². The number of piperidine rings is 1. The summed E-state index contributed by atoms with van der Waals surface area (Å²) in [5, 5.41) is 6.49. The molecule has 3 atom stereocenters.